The van der Waals surface area contributed by atoms with Crippen LogP contribution in [0.1, 0.15) is 16.1 Å². The maximum atomic E-state index is 12.5. The molecule has 0 aliphatic carbocycles. The topological polar surface area (TPSA) is 120 Å². The molecule has 34 heavy (non-hydrogen) atoms. The van der Waals surface area contributed by atoms with Gasteiger partial charge < -0.3 is 20.1 Å². The molecule has 0 saturated carbocycles. The van der Waals surface area contributed by atoms with Crippen LogP contribution in [0, 0.1) is 0 Å². The lowest BCUT2D eigenvalue weighted by molar-refractivity contribution is -0.274. The molecule has 0 spiro atoms. The number of pyridine rings is 1. The van der Waals surface area contributed by atoms with E-state index in [1.165, 1.54) is 6.07 Å². The average molecular weight is 493 g/mol. The van der Waals surface area contributed by atoms with Crippen molar-refractivity contribution >= 4 is 28.6 Å². The second kappa shape index (κ2) is 10.4. The first kappa shape index (κ1) is 26.4. The Morgan fingerprint density at radius 1 is 1.12 bits per heavy atom. The molecule has 184 valence electrons. The Morgan fingerprint density at radius 2 is 1.76 bits per heavy atom. The first-order chi connectivity index (χ1) is 15.7. The van der Waals surface area contributed by atoms with Gasteiger partial charge in [-0.3, -0.25) is 9.89 Å². The molecule has 1 amide bonds. The van der Waals surface area contributed by atoms with Crippen LogP contribution in [-0.2, 0) is 11.3 Å². The van der Waals surface area contributed by atoms with Gasteiger partial charge in [0.05, 0.1) is 5.52 Å². The number of anilines is 1. The van der Waals surface area contributed by atoms with Gasteiger partial charge in [0.2, 0.25) is 0 Å². The second-order valence-electron chi connectivity index (χ2n) is 6.87. The molecular formula is C19H17F6N5O4. The van der Waals surface area contributed by atoms with E-state index in [-0.39, 0.29) is 11.2 Å². The quantitative estimate of drug-likeness (QED) is 0.463. The largest absolute Gasteiger partial charge is 0.573 e. The Hall–Kier alpha value is -3.88. The molecular weight excluding hydrogens is 476 g/mol. The molecule has 3 aromatic rings. The van der Waals surface area contributed by atoms with Crippen molar-refractivity contribution in [3.05, 3.63) is 47.8 Å². The first-order valence-corrected chi connectivity index (χ1v) is 9.10. The molecule has 9 nitrogen and oxygen atoms in total. The summed E-state index contributed by atoms with van der Waals surface area (Å²) < 4.78 is 72.5. The Morgan fingerprint density at radius 3 is 2.32 bits per heavy atom. The van der Waals surface area contributed by atoms with Crippen LogP contribution in [0.4, 0.5) is 32.2 Å². The maximum absolute atomic E-state index is 12.5. The van der Waals surface area contributed by atoms with Crippen LogP contribution in [0.15, 0.2) is 36.5 Å². The molecule has 2 aromatic heterocycles. The molecule has 0 unspecified atom stereocenters. The second-order valence-corrected chi connectivity index (χ2v) is 6.87. The highest BCUT2D eigenvalue weighted by Gasteiger charge is 2.38. The summed E-state index contributed by atoms with van der Waals surface area (Å²) in [7, 11) is 3.84. The third-order valence-electron chi connectivity index (χ3n) is 3.79. The number of alkyl halides is 6. The van der Waals surface area contributed by atoms with Gasteiger partial charge in [-0.25, -0.2) is 9.78 Å². The molecule has 0 aliphatic rings. The molecule has 0 bridgehead atoms. The maximum Gasteiger partial charge on any atom is 0.573 e. The predicted molar refractivity (Wildman–Crippen MR) is 106 cm³/mol. The van der Waals surface area contributed by atoms with Gasteiger partial charge in [-0.15, -0.1) is 13.2 Å². The van der Waals surface area contributed by atoms with Crippen LogP contribution in [0.2, 0.25) is 0 Å². The number of carbonyl (C=O) groups excluding carboxylic acids is 1. The van der Waals surface area contributed by atoms with Gasteiger partial charge in [0.25, 0.3) is 5.91 Å². The highest BCUT2D eigenvalue weighted by atomic mass is 19.4. The summed E-state index contributed by atoms with van der Waals surface area (Å²) in [5.41, 5.74) is 1.26. The smallest absolute Gasteiger partial charge is 0.475 e. The van der Waals surface area contributed by atoms with Gasteiger partial charge in [0.15, 0.2) is 5.69 Å². The van der Waals surface area contributed by atoms with Crippen LogP contribution < -0.4 is 10.1 Å². The standard InChI is InChI=1S/C17H16F3N5O2.C2HF3O2/c1-25(2)9-10-5-6-21-14(7-10)22-16(26)15-12-4-3-11(27-17(18,19)20)8-13(12)23-24-15;3-2(4,5)1(6)7/h3-8H,9H2,1-2H3,(H,23,24)(H,21,22,26);(H,6,7). The Labute approximate surface area is 187 Å². The molecule has 1 aromatic carbocycles. The monoisotopic (exact) mass is 493 g/mol. The lowest BCUT2D eigenvalue weighted by atomic mass is 10.2. The zero-order chi connectivity index (χ0) is 25.7. The number of carboxylic acid groups (broad SMARTS) is 1. The van der Waals surface area contributed by atoms with Crippen molar-refractivity contribution in [2.45, 2.75) is 19.1 Å². The highest BCUT2D eigenvalue weighted by molar-refractivity contribution is 6.10. The van der Waals surface area contributed by atoms with Crippen molar-refractivity contribution in [3.8, 4) is 5.75 Å². The van der Waals surface area contributed by atoms with E-state index in [0.717, 1.165) is 17.7 Å². The van der Waals surface area contributed by atoms with Crippen molar-refractivity contribution in [2.24, 2.45) is 0 Å². The summed E-state index contributed by atoms with van der Waals surface area (Å²) in [4.78, 5) is 27.4. The molecule has 2 heterocycles. The number of amides is 1. The summed E-state index contributed by atoms with van der Waals surface area (Å²) in [6.45, 7) is 0.679. The van der Waals surface area contributed by atoms with Crippen LogP contribution in [0.5, 0.6) is 5.75 Å². The Kier molecular flexibility index (Phi) is 8.04. The van der Waals surface area contributed by atoms with E-state index < -0.39 is 30.2 Å². The van der Waals surface area contributed by atoms with Gasteiger partial charge in [0.1, 0.15) is 11.6 Å². The van der Waals surface area contributed by atoms with Gasteiger partial charge >= 0.3 is 18.5 Å². The molecule has 0 atom stereocenters. The number of carbonyl (C=O) groups is 2. The number of fused-ring (bicyclic) bond motifs is 1. The minimum absolute atomic E-state index is 0.0448. The van der Waals surface area contributed by atoms with Crippen LogP contribution in [0.25, 0.3) is 10.9 Å². The summed E-state index contributed by atoms with van der Waals surface area (Å²) in [6.07, 6.45) is -8.30. The number of nitrogens with one attached hydrogen (secondary N) is 2. The van der Waals surface area contributed by atoms with E-state index in [0.29, 0.717) is 17.7 Å². The summed E-state index contributed by atoms with van der Waals surface area (Å²) in [6, 6.07) is 7.16. The van der Waals surface area contributed by atoms with Crippen molar-refractivity contribution < 1.29 is 45.8 Å². The fraction of sp³-hybridized carbons (Fsp3) is 0.263. The first-order valence-electron chi connectivity index (χ1n) is 9.10. The number of ether oxygens (including phenoxy) is 1. The van der Waals surface area contributed by atoms with E-state index in [4.69, 9.17) is 9.90 Å². The zero-order valence-corrected chi connectivity index (χ0v) is 17.5. The number of H-pyrrole nitrogens is 1. The van der Waals surface area contributed by atoms with E-state index >= 15 is 0 Å². The van der Waals surface area contributed by atoms with E-state index in [1.807, 2.05) is 25.1 Å². The number of halogens is 6. The van der Waals surface area contributed by atoms with Crippen molar-refractivity contribution in [1.82, 2.24) is 20.1 Å². The number of carboxylic acids is 1. The molecule has 3 N–H and O–H groups in total. The number of hydrogen-bond donors (Lipinski definition) is 3. The van der Waals surface area contributed by atoms with Gasteiger partial charge in [0, 0.05) is 24.2 Å². The zero-order valence-electron chi connectivity index (χ0n) is 17.5. The number of aliphatic carboxylic acids is 1. The van der Waals surface area contributed by atoms with Gasteiger partial charge in [-0.05, 0) is 43.9 Å². The van der Waals surface area contributed by atoms with E-state index in [2.05, 4.69) is 25.2 Å². The molecule has 0 fully saturated rings. The number of hydrogen-bond acceptors (Lipinski definition) is 6. The molecule has 0 radical (unpaired) electrons. The summed E-state index contributed by atoms with van der Waals surface area (Å²) in [5.74, 6) is -3.33. The molecule has 0 saturated heterocycles. The average Bonchev–Trinajstić information content (AvgIpc) is 3.09. The molecule has 3 rings (SSSR count). The highest BCUT2D eigenvalue weighted by Crippen LogP contribution is 2.27. The SMILES string of the molecule is CN(C)Cc1ccnc(NC(=O)c2n[nH]c3cc(OC(F)(F)F)ccc23)c1.O=C(O)C(F)(F)F. The normalized spacial score (nSPS) is 11.7. The Balaban J connectivity index is 0.000000509. The lowest BCUT2D eigenvalue weighted by Crippen LogP contribution is -2.21. The van der Waals surface area contributed by atoms with Gasteiger partial charge in [-0.1, -0.05) is 0 Å². The third kappa shape index (κ3) is 7.91. The fourth-order valence-corrected chi connectivity index (χ4v) is 2.55. The fourth-order valence-electron chi connectivity index (χ4n) is 2.55. The van der Waals surface area contributed by atoms with Gasteiger partial charge in [-0.2, -0.15) is 18.3 Å². The number of benzene rings is 1. The van der Waals surface area contributed by atoms with Crippen molar-refractivity contribution in [2.75, 3.05) is 19.4 Å². The number of aromatic nitrogens is 3. The number of rotatable bonds is 5. The summed E-state index contributed by atoms with van der Waals surface area (Å²) in [5, 5.41) is 16.6. The van der Waals surface area contributed by atoms with Crippen molar-refractivity contribution in [3.63, 3.8) is 0 Å². The number of nitrogens with zero attached hydrogens (tertiary/aromatic N) is 3. The predicted octanol–water partition coefficient (Wildman–Crippen LogP) is 3.80. The Bertz CT molecular complexity index is 1160. The van der Waals surface area contributed by atoms with E-state index in [9.17, 15) is 31.1 Å². The third-order valence-corrected chi connectivity index (χ3v) is 3.79. The molecule has 15 heteroatoms. The van der Waals surface area contributed by atoms with Crippen LogP contribution >= 0.6 is 0 Å². The van der Waals surface area contributed by atoms with Crippen LogP contribution in [0.3, 0.4) is 0 Å². The minimum atomic E-state index is -5.08. The minimum Gasteiger partial charge on any atom is -0.475 e. The lowest BCUT2D eigenvalue weighted by Gasteiger charge is -2.10. The summed E-state index contributed by atoms with van der Waals surface area (Å²) >= 11 is 0. The van der Waals surface area contributed by atoms with E-state index in [1.54, 1.807) is 12.3 Å². The van der Waals surface area contributed by atoms with Crippen LogP contribution in [-0.4, -0.2) is 63.7 Å². The van der Waals surface area contributed by atoms with Crippen molar-refractivity contribution in [1.29, 1.82) is 0 Å². The molecule has 0 aliphatic heterocycles. The number of aromatic amines is 1.